The van der Waals surface area contributed by atoms with Crippen LogP contribution in [0.3, 0.4) is 0 Å². The molecule has 0 aromatic heterocycles. The summed E-state index contributed by atoms with van der Waals surface area (Å²) in [6.45, 7) is -0.415. The minimum atomic E-state index is -0.623. The van der Waals surface area contributed by atoms with Crippen LogP contribution in [0.25, 0.3) is 0 Å². The minimum absolute atomic E-state index is 0.176. The molecule has 0 radical (unpaired) electrons. The smallest absolute Gasteiger partial charge is 0.344 e. The van der Waals surface area contributed by atoms with Crippen LogP contribution in [0.2, 0.25) is 0 Å². The third-order valence-corrected chi connectivity index (χ3v) is 1.84. The van der Waals surface area contributed by atoms with Crippen LogP contribution in [0.15, 0.2) is 0 Å². The zero-order valence-corrected chi connectivity index (χ0v) is 7.74. The molecule has 14 heavy (non-hydrogen) atoms. The summed E-state index contributed by atoms with van der Waals surface area (Å²) in [5, 5.41) is 2.43. The number of carbonyl (C=O) groups is 3. The van der Waals surface area contributed by atoms with E-state index in [-0.39, 0.29) is 5.91 Å². The van der Waals surface area contributed by atoms with Crippen molar-refractivity contribution >= 4 is 17.8 Å². The number of esters is 2. The number of amides is 1. The van der Waals surface area contributed by atoms with Crippen molar-refractivity contribution in [1.29, 1.82) is 0 Å². The number of carbonyl (C=O) groups excluding carboxylic acids is 3. The number of hydrogen-bond acceptors (Lipinski definition) is 5. The van der Waals surface area contributed by atoms with E-state index in [0.29, 0.717) is 12.8 Å². The summed E-state index contributed by atoms with van der Waals surface area (Å²) >= 11 is 0. The summed E-state index contributed by atoms with van der Waals surface area (Å²) in [6.07, 6.45) is 0.733. The quantitative estimate of drug-likeness (QED) is 0.591. The van der Waals surface area contributed by atoms with Crippen LogP contribution in [0, 0.1) is 0 Å². The molecule has 1 aliphatic rings. The van der Waals surface area contributed by atoms with E-state index >= 15 is 0 Å². The molecule has 1 saturated heterocycles. The summed E-state index contributed by atoms with van der Waals surface area (Å²) in [7, 11) is 1.20. The molecule has 1 N–H and O–H groups in total. The molecule has 1 fully saturated rings. The number of nitrogens with one attached hydrogen (secondary N) is 1. The van der Waals surface area contributed by atoms with E-state index in [9.17, 15) is 14.4 Å². The van der Waals surface area contributed by atoms with Crippen molar-refractivity contribution in [1.82, 2.24) is 5.32 Å². The van der Waals surface area contributed by atoms with Crippen LogP contribution < -0.4 is 5.32 Å². The predicted molar refractivity (Wildman–Crippen MR) is 44.1 cm³/mol. The summed E-state index contributed by atoms with van der Waals surface area (Å²) < 4.78 is 8.88. The molecule has 1 heterocycles. The van der Waals surface area contributed by atoms with Gasteiger partial charge in [-0.2, -0.15) is 0 Å². The number of ether oxygens (including phenoxy) is 2. The number of hydrogen-bond donors (Lipinski definition) is 1. The Kier molecular flexibility index (Phi) is 3.44. The molecular weight excluding hydrogens is 190 g/mol. The molecule has 1 amide bonds. The monoisotopic (exact) mass is 201 g/mol. The lowest BCUT2D eigenvalue weighted by atomic mass is 10.2. The van der Waals surface area contributed by atoms with Crippen molar-refractivity contribution in [3.05, 3.63) is 0 Å². The molecule has 0 aromatic carbocycles. The van der Waals surface area contributed by atoms with Gasteiger partial charge in [0.1, 0.15) is 6.04 Å². The van der Waals surface area contributed by atoms with Gasteiger partial charge in [0, 0.05) is 6.42 Å². The third-order valence-electron chi connectivity index (χ3n) is 1.84. The molecule has 0 aromatic rings. The fourth-order valence-corrected chi connectivity index (χ4v) is 1.08. The van der Waals surface area contributed by atoms with E-state index < -0.39 is 24.6 Å². The van der Waals surface area contributed by atoms with Crippen molar-refractivity contribution in [2.24, 2.45) is 0 Å². The minimum Gasteiger partial charge on any atom is -0.466 e. The summed E-state index contributed by atoms with van der Waals surface area (Å²) in [6, 6.07) is -0.618. The van der Waals surface area contributed by atoms with Crippen LogP contribution in [0.5, 0.6) is 0 Å². The lowest BCUT2D eigenvalue weighted by Gasteiger charge is -2.08. The Bertz CT molecular complexity index is 262. The lowest BCUT2D eigenvalue weighted by Crippen LogP contribution is -2.35. The molecule has 0 aliphatic carbocycles. The number of rotatable bonds is 3. The normalized spacial score (nSPS) is 20.1. The Labute approximate surface area is 80.5 Å². The van der Waals surface area contributed by atoms with Gasteiger partial charge < -0.3 is 14.8 Å². The molecule has 6 heteroatoms. The first kappa shape index (κ1) is 10.5. The molecule has 0 bridgehead atoms. The maximum atomic E-state index is 11.2. The fourth-order valence-electron chi connectivity index (χ4n) is 1.08. The maximum Gasteiger partial charge on any atom is 0.344 e. The van der Waals surface area contributed by atoms with Gasteiger partial charge in [-0.05, 0) is 6.42 Å². The van der Waals surface area contributed by atoms with Gasteiger partial charge >= 0.3 is 11.9 Å². The Morgan fingerprint density at radius 2 is 2.29 bits per heavy atom. The van der Waals surface area contributed by atoms with Crippen LogP contribution in [-0.2, 0) is 23.9 Å². The van der Waals surface area contributed by atoms with Crippen molar-refractivity contribution in [2.45, 2.75) is 18.9 Å². The SMILES string of the molecule is COC(=O)COC(=O)C1CCC(=O)N1. The molecule has 1 unspecified atom stereocenters. The van der Waals surface area contributed by atoms with Gasteiger partial charge in [-0.15, -0.1) is 0 Å². The second-order valence-electron chi connectivity index (χ2n) is 2.84. The van der Waals surface area contributed by atoms with Crippen LogP contribution in [0.4, 0.5) is 0 Å². The van der Waals surface area contributed by atoms with Crippen LogP contribution in [0.1, 0.15) is 12.8 Å². The van der Waals surface area contributed by atoms with Gasteiger partial charge in [-0.3, -0.25) is 4.79 Å². The van der Waals surface area contributed by atoms with Gasteiger partial charge in [0.2, 0.25) is 5.91 Å². The Balaban J connectivity index is 2.28. The van der Waals surface area contributed by atoms with E-state index in [4.69, 9.17) is 0 Å². The zero-order chi connectivity index (χ0) is 10.6. The largest absolute Gasteiger partial charge is 0.466 e. The summed E-state index contributed by atoms with van der Waals surface area (Å²) in [5.74, 6) is -1.39. The summed E-state index contributed by atoms with van der Waals surface area (Å²) in [4.78, 5) is 32.5. The van der Waals surface area contributed by atoms with E-state index in [1.807, 2.05) is 0 Å². The lowest BCUT2D eigenvalue weighted by molar-refractivity contribution is -0.158. The molecular formula is C8H11NO5. The topological polar surface area (TPSA) is 81.7 Å². The van der Waals surface area contributed by atoms with Gasteiger partial charge in [0.15, 0.2) is 6.61 Å². The molecule has 1 rings (SSSR count). The summed E-state index contributed by atoms with van der Waals surface area (Å²) in [5.41, 5.74) is 0. The fraction of sp³-hybridized carbons (Fsp3) is 0.625. The molecule has 78 valence electrons. The first-order valence-corrected chi connectivity index (χ1v) is 4.16. The highest BCUT2D eigenvalue weighted by atomic mass is 16.6. The average Bonchev–Trinajstić information content (AvgIpc) is 2.60. The molecule has 1 aliphatic heterocycles. The predicted octanol–water partition coefficient (Wildman–Crippen LogP) is -1.02. The van der Waals surface area contributed by atoms with E-state index in [1.54, 1.807) is 0 Å². The van der Waals surface area contributed by atoms with Gasteiger partial charge in [0.05, 0.1) is 7.11 Å². The van der Waals surface area contributed by atoms with Crippen molar-refractivity contribution in [2.75, 3.05) is 13.7 Å². The van der Waals surface area contributed by atoms with Crippen molar-refractivity contribution in [3.63, 3.8) is 0 Å². The average molecular weight is 201 g/mol. The Morgan fingerprint density at radius 1 is 1.57 bits per heavy atom. The molecule has 1 atom stereocenters. The zero-order valence-electron chi connectivity index (χ0n) is 7.74. The van der Waals surface area contributed by atoms with Crippen LogP contribution >= 0.6 is 0 Å². The van der Waals surface area contributed by atoms with E-state index in [1.165, 1.54) is 7.11 Å². The standard InChI is InChI=1S/C8H11NO5/c1-13-7(11)4-14-8(12)5-2-3-6(10)9-5/h5H,2-4H2,1H3,(H,9,10). The van der Waals surface area contributed by atoms with Crippen molar-refractivity contribution < 1.29 is 23.9 Å². The molecule has 6 nitrogen and oxygen atoms in total. The second-order valence-corrected chi connectivity index (χ2v) is 2.84. The van der Waals surface area contributed by atoms with Gasteiger partial charge in [-0.1, -0.05) is 0 Å². The highest BCUT2D eigenvalue weighted by Gasteiger charge is 2.28. The van der Waals surface area contributed by atoms with Gasteiger partial charge in [-0.25, -0.2) is 9.59 Å². The van der Waals surface area contributed by atoms with E-state index in [0.717, 1.165) is 0 Å². The Morgan fingerprint density at radius 3 is 2.79 bits per heavy atom. The first-order chi connectivity index (χ1) is 6.63. The Hall–Kier alpha value is -1.59. The molecule has 0 spiro atoms. The highest BCUT2D eigenvalue weighted by Crippen LogP contribution is 2.07. The number of methoxy groups -OCH3 is 1. The van der Waals surface area contributed by atoms with Crippen LogP contribution in [-0.4, -0.2) is 37.6 Å². The second kappa shape index (κ2) is 4.59. The third kappa shape index (κ3) is 2.72. The maximum absolute atomic E-state index is 11.2. The highest BCUT2D eigenvalue weighted by molar-refractivity contribution is 5.88. The van der Waals surface area contributed by atoms with E-state index in [2.05, 4.69) is 14.8 Å². The van der Waals surface area contributed by atoms with Crippen molar-refractivity contribution in [3.8, 4) is 0 Å². The molecule has 0 saturated carbocycles. The first-order valence-electron chi connectivity index (χ1n) is 4.16. The van der Waals surface area contributed by atoms with Gasteiger partial charge in [0.25, 0.3) is 0 Å².